The van der Waals surface area contributed by atoms with Gasteiger partial charge < -0.3 is 4.74 Å². The van der Waals surface area contributed by atoms with E-state index in [-0.39, 0.29) is 6.10 Å². The third-order valence-electron chi connectivity index (χ3n) is 3.68. The van der Waals surface area contributed by atoms with Crippen molar-refractivity contribution in [2.45, 2.75) is 26.1 Å². The minimum Gasteiger partial charge on any atom is -0.488 e. The molecule has 2 nitrogen and oxygen atoms in total. The van der Waals surface area contributed by atoms with Crippen LogP contribution >= 0.6 is 22.6 Å². The summed E-state index contributed by atoms with van der Waals surface area (Å²) in [6.07, 6.45) is -2.66. The number of hydrogen-bond donors (Lipinski definition) is 0. The second-order valence-electron chi connectivity index (χ2n) is 5.88. The van der Waals surface area contributed by atoms with Crippen LogP contribution in [0, 0.1) is 3.57 Å². The van der Waals surface area contributed by atoms with Crippen molar-refractivity contribution < 1.29 is 17.9 Å². The van der Waals surface area contributed by atoms with Crippen LogP contribution in [0.4, 0.5) is 13.2 Å². The Hall–Kier alpha value is -1.83. The van der Waals surface area contributed by atoms with Crippen molar-refractivity contribution in [3.05, 3.63) is 57.8 Å². The van der Waals surface area contributed by atoms with Gasteiger partial charge in [-0.25, -0.2) is 0 Å². The van der Waals surface area contributed by atoms with Crippen molar-refractivity contribution in [3.8, 4) is 16.9 Å². The molecule has 0 N–H and O–H groups in total. The Labute approximate surface area is 157 Å². The van der Waals surface area contributed by atoms with Gasteiger partial charge >= 0.3 is 6.18 Å². The summed E-state index contributed by atoms with van der Waals surface area (Å²) in [7, 11) is 0. The normalized spacial score (nSPS) is 12.0. The summed E-state index contributed by atoms with van der Waals surface area (Å²) in [6.45, 7) is 3.88. The first-order valence-corrected chi connectivity index (χ1v) is 8.77. The zero-order valence-corrected chi connectivity index (χ0v) is 15.7. The SMILES string of the molecule is CC(C)Oc1c(I)cc(-c2ccc(C(F)(F)F)cc2)c2cccnc12. The molecule has 1 heterocycles. The Bertz CT molecular complexity index is 905. The minimum atomic E-state index is -4.34. The van der Waals surface area contributed by atoms with Crippen LogP contribution < -0.4 is 4.74 Å². The van der Waals surface area contributed by atoms with E-state index in [1.54, 1.807) is 6.20 Å². The van der Waals surface area contributed by atoms with Gasteiger partial charge in [-0.1, -0.05) is 18.2 Å². The van der Waals surface area contributed by atoms with Crippen LogP contribution in [0.2, 0.25) is 0 Å². The van der Waals surface area contributed by atoms with E-state index in [0.29, 0.717) is 16.8 Å². The second-order valence-corrected chi connectivity index (χ2v) is 7.04. The number of alkyl halides is 3. The first-order valence-electron chi connectivity index (χ1n) is 7.69. The van der Waals surface area contributed by atoms with Crippen molar-refractivity contribution in [3.63, 3.8) is 0 Å². The number of aromatic nitrogens is 1. The van der Waals surface area contributed by atoms with Crippen LogP contribution in [0.15, 0.2) is 48.7 Å². The van der Waals surface area contributed by atoms with Gasteiger partial charge in [0, 0.05) is 11.6 Å². The van der Waals surface area contributed by atoms with Gasteiger partial charge in [0.15, 0.2) is 5.75 Å². The molecule has 0 bridgehead atoms. The maximum absolute atomic E-state index is 12.8. The molecule has 3 aromatic rings. The van der Waals surface area contributed by atoms with Crippen LogP contribution in [0.1, 0.15) is 19.4 Å². The summed E-state index contributed by atoms with van der Waals surface area (Å²) < 4.78 is 45.1. The van der Waals surface area contributed by atoms with Crippen LogP contribution in [0.25, 0.3) is 22.0 Å². The van der Waals surface area contributed by atoms with Gasteiger partial charge in [0.25, 0.3) is 0 Å². The molecule has 1 aromatic heterocycles. The molecule has 2 aromatic carbocycles. The quantitative estimate of drug-likeness (QED) is 0.430. The molecule has 0 aliphatic rings. The van der Waals surface area contributed by atoms with Crippen LogP contribution in [0.3, 0.4) is 0 Å². The molecule has 0 unspecified atom stereocenters. The summed E-state index contributed by atoms with van der Waals surface area (Å²) in [4.78, 5) is 4.43. The lowest BCUT2D eigenvalue weighted by Crippen LogP contribution is -2.08. The van der Waals surface area contributed by atoms with Gasteiger partial charge in [0.05, 0.1) is 15.2 Å². The van der Waals surface area contributed by atoms with E-state index >= 15 is 0 Å². The van der Waals surface area contributed by atoms with Crippen LogP contribution in [0.5, 0.6) is 5.75 Å². The molecule has 0 aliphatic heterocycles. The first kappa shape index (κ1) is 18.0. The van der Waals surface area contributed by atoms with E-state index in [2.05, 4.69) is 27.6 Å². The lowest BCUT2D eigenvalue weighted by atomic mass is 9.99. The van der Waals surface area contributed by atoms with Crippen molar-refractivity contribution in [2.24, 2.45) is 0 Å². The highest BCUT2D eigenvalue weighted by Crippen LogP contribution is 2.38. The third-order valence-corrected chi connectivity index (χ3v) is 4.48. The molecular formula is C19H15F3INO. The highest BCUT2D eigenvalue weighted by atomic mass is 127. The van der Waals surface area contributed by atoms with Crippen molar-refractivity contribution in [1.82, 2.24) is 4.98 Å². The molecule has 0 fully saturated rings. The minimum absolute atomic E-state index is 0.00404. The second kappa shape index (κ2) is 6.82. The van der Waals surface area contributed by atoms with Gasteiger partial charge in [-0.05, 0) is 71.8 Å². The van der Waals surface area contributed by atoms with E-state index in [4.69, 9.17) is 4.74 Å². The maximum atomic E-state index is 12.8. The number of rotatable bonds is 3. The number of hydrogen-bond acceptors (Lipinski definition) is 2. The molecule has 0 saturated heterocycles. The summed E-state index contributed by atoms with van der Waals surface area (Å²) in [5.41, 5.74) is 1.59. The van der Waals surface area contributed by atoms with Crippen LogP contribution in [-0.4, -0.2) is 11.1 Å². The van der Waals surface area contributed by atoms with Gasteiger partial charge in [-0.2, -0.15) is 13.2 Å². The molecule has 3 rings (SSSR count). The molecule has 6 heteroatoms. The fourth-order valence-electron chi connectivity index (χ4n) is 2.61. The third kappa shape index (κ3) is 3.73. The summed E-state index contributed by atoms with van der Waals surface area (Å²) in [5.74, 6) is 0.696. The molecule has 0 aliphatic carbocycles. The highest BCUT2D eigenvalue weighted by Gasteiger charge is 2.30. The number of pyridine rings is 1. The standard InChI is InChI=1S/C19H15F3INO/c1-11(2)25-18-16(23)10-15(14-4-3-9-24-17(14)18)12-5-7-13(8-6-12)19(20,21)22/h3-11H,1-2H3. The van der Waals surface area contributed by atoms with Gasteiger partial charge in [0.1, 0.15) is 5.52 Å². The topological polar surface area (TPSA) is 22.1 Å². The van der Waals surface area contributed by atoms with Crippen molar-refractivity contribution in [1.29, 1.82) is 0 Å². The number of nitrogens with zero attached hydrogens (tertiary/aromatic N) is 1. The fourth-order valence-corrected chi connectivity index (χ4v) is 3.31. The van der Waals surface area contributed by atoms with E-state index in [1.165, 1.54) is 12.1 Å². The van der Waals surface area contributed by atoms with Gasteiger partial charge in [-0.15, -0.1) is 0 Å². The molecule has 25 heavy (non-hydrogen) atoms. The average molecular weight is 457 g/mol. The number of benzene rings is 2. The Kier molecular flexibility index (Phi) is 4.90. The fraction of sp³-hybridized carbons (Fsp3) is 0.211. The van der Waals surface area contributed by atoms with Gasteiger partial charge in [-0.3, -0.25) is 4.98 Å². The van der Waals surface area contributed by atoms with E-state index in [9.17, 15) is 13.2 Å². The number of halogens is 4. The summed E-state index contributed by atoms with van der Waals surface area (Å²) in [5, 5.41) is 0.846. The lowest BCUT2D eigenvalue weighted by molar-refractivity contribution is -0.137. The Morgan fingerprint density at radius 1 is 1.08 bits per heavy atom. The highest BCUT2D eigenvalue weighted by molar-refractivity contribution is 14.1. The van der Waals surface area contributed by atoms with E-state index in [0.717, 1.165) is 26.7 Å². The average Bonchev–Trinajstić information content (AvgIpc) is 2.56. The molecule has 0 spiro atoms. The van der Waals surface area contributed by atoms with E-state index < -0.39 is 11.7 Å². The maximum Gasteiger partial charge on any atom is 0.416 e. The molecule has 0 amide bonds. The molecule has 0 atom stereocenters. The summed E-state index contributed by atoms with van der Waals surface area (Å²) in [6, 6.07) is 10.8. The Balaban J connectivity index is 2.17. The molecule has 130 valence electrons. The lowest BCUT2D eigenvalue weighted by Gasteiger charge is -2.16. The largest absolute Gasteiger partial charge is 0.488 e. The zero-order chi connectivity index (χ0) is 18.2. The first-order chi connectivity index (χ1) is 11.8. The van der Waals surface area contributed by atoms with Crippen LogP contribution in [-0.2, 0) is 6.18 Å². The molecule has 0 saturated carbocycles. The van der Waals surface area contributed by atoms with E-state index in [1.807, 2.05) is 32.0 Å². The Morgan fingerprint density at radius 3 is 2.36 bits per heavy atom. The molecular weight excluding hydrogens is 442 g/mol. The number of ether oxygens (including phenoxy) is 1. The monoisotopic (exact) mass is 457 g/mol. The number of fused-ring (bicyclic) bond motifs is 1. The smallest absolute Gasteiger partial charge is 0.416 e. The molecule has 0 radical (unpaired) electrons. The summed E-state index contributed by atoms with van der Waals surface area (Å²) >= 11 is 2.17. The Morgan fingerprint density at radius 2 is 1.76 bits per heavy atom. The zero-order valence-electron chi connectivity index (χ0n) is 13.6. The van der Waals surface area contributed by atoms with Crippen molar-refractivity contribution in [2.75, 3.05) is 0 Å². The van der Waals surface area contributed by atoms with Gasteiger partial charge in [0.2, 0.25) is 0 Å². The van der Waals surface area contributed by atoms with Crippen molar-refractivity contribution >= 4 is 33.5 Å². The predicted octanol–water partition coefficient (Wildman–Crippen LogP) is 6.31. The predicted molar refractivity (Wildman–Crippen MR) is 101 cm³/mol.